The summed E-state index contributed by atoms with van der Waals surface area (Å²) in [6, 6.07) is 19.1. The summed E-state index contributed by atoms with van der Waals surface area (Å²) in [6.45, 7) is 0. The first-order chi connectivity index (χ1) is 9.81. The third-order valence-corrected chi connectivity index (χ3v) is 3.53. The molecule has 0 aliphatic heterocycles. The molecule has 0 amide bonds. The first kappa shape index (κ1) is 12.8. The van der Waals surface area contributed by atoms with Crippen LogP contribution < -0.4 is 5.73 Å². The van der Waals surface area contributed by atoms with Gasteiger partial charge in [-0.3, -0.25) is 4.98 Å². The van der Waals surface area contributed by atoms with E-state index in [0.717, 1.165) is 12.8 Å². The van der Waals surface area contributed by atoms with Gasteiger partial charge in [0.05, 0.1) is 0 Å². The van der Waals surface area contributed by atoms with Gasteiger partial charge in [0, 0.05) is 18.4 Å². The standard InChI is InChI=1S/C18H18N2/c19-18(12-15-4-3-9-20-13-15)11-14-7-8-16-5-1-2-6-17(16)10-14/h1-10,13,18H,11-12,19H2. The Hall–Kier alpha value is -2.19. The van der Waals surface area contributed by atoms with E-state index >= 15 is 0 Å². The van der Waals surface area contributed by atoms with Crippen molar-refractivity contribution in [3.8, 4) is 0 Å². The highest BCUT2D eigenvalue weighted by Gasteiger charge is 2.06. The summed E-state index contributed by atoms with van der Waals surface area (Å²) in [6.07, 6.45) is 5.43. The SMILES string of the molecule is NC(Cc1cccnc1)Cc1ccc2ccccc2c1. The van der Waals surface area contributed by atoms with Gasteiger partial charge in [0.2, 0.25) is 0 Å². The van der Waals surface area contributed by atoms with E-state index in [0.29, 0.717) is 0 Å². The van der Waals surface area contributed by atoms with Gasteiger partial charge in [-0.15, -0.1) is 0 Å². The van der Waals surface area contributed by atoms with Gasteiger partial charge in [-0.2, -0.15) is 0 Å². The molecule has 3 aromatic rings. The lowest BCUT2D eigenvalue weighted by atomic mass is 9.98. The molecular formula is C18H18N2. The molecule has 0 aliphatic carbocycles. The number of nitrogens with two attached hydrogens (primary N) is 1. The van der Waals surface area contributed by atoms with Gasteiger partial charge in [-0.1, -0.05) is 48.5 Å². The van der Waals surface area contributed by atoms with Gasteiger partial charge >= 0.3 is 0 Å². The van der Waals surface area contributed by atoms with Crippen molar-refractivity contribution in [1.29, 1.82) is 0 Å². The van der Waals surface area contributed by atoms with Gasteiger partial charge < -0.3 is 5.73 Å². The van der Waals surface area contributed by atoms with Crippen molar-refractivity contribution in [2.45, 2.75) is 18.9 Å². The summed E-state index contributed by atoms with van der Waals surface area (Å²) in [7, 11) is 0. The summed E-state index contributed by atoms with van der Waals surface area (Å²) in [4.78, 5) is 4.13. The highest BCUT2D eigenvalue weighted by molar-refractivity contribution is 5.82. The molecular weight excluding hydrogens is 244 g/mol. The van der Waals surface area contributed by atoms with E-state index in [1.165, 1.54) is 21.9 Å². The van der Waals surface area contributed by atoms with Crippen LogP contribution in [0.5, 0.6) is 0 Å². The van der Waals surface area contributed by atoms with Crippen molar-refractivity contribution >= 4 is 10.8 Å². The fourth-order valence-electron chi connectivity index (χ4n) is 2.56. The average Bonchev–Trinajstić information content (AvgIpc) is 2.48. The van der Waals surface area contributed by atoms with Crippen LogP contribution in [-0.2, 0) is 12.8 Å². The monoisotopic (exact) mass is 262 g/mol. The summed E-state index contributed by atoms with van der Waals surface area (Å²) < 4.78 is 0. The largest absolute Gasteiger partial charge is 0.327 e. The van der Waals surface area contributed by atoms with Gasteiger partial charge in [0.1, 0.15) is 0 Å². The summed E-state index contributed by atoms with van der Waals surface area (Å²) >= 11 is 0. The van der Waals surface area contributed by atoms with Crippen LogP contribution >= 0.6 is 0 Å². The predicted molar refractivity (Wildman–Crippen MR) is 83.6 cm³/mol. The van der Waals surface area contributed by atoms with Crippen LogP contribution in [0.1, 0.15) is 11.1 Å². The molecule has 20 heavy (non-hydrogen) atoms. The van der Waals surface area contributed by atoms with Crippen molar-refractivity contribution < 1.29 is 0 Å². The minimum absolute atomic E-state index is 0.125. The highest BCUT2D eigenvalue weighted by atomic mass is 14.6. The van der Waals surface area contributed by atoms with Crippen molar-refractivity contribution in [2.24, 2.45) is 5.73 Å². The zero-order valence-corrected chi connectivity index (χ0v) is 11.4. The van der Waals surface area contributed by atoms with Crippen LogP contribution in [0.3, 0.4) is 0 Å². The molecule has 1 aromatic heterocycles. The van der Waals surface area contributed by atoms with Crippen LogP contribution in [0.15, 0.2) is 67.0 Å². The number of benzene rings is 2. The second kappa shape index (κ2) is 5.85. The van der Waals surface area contributed by atoms with Crippen molar-refractivity contribution in [3.05, 3.63) is 78.1 Å². The Balaban J connectivity index is 1.72. The maximum atomic E-state index is 6.25. The number of pyridine rings is 1. The Morgan fingerprint density at radius 2 is 1.65 bits per heavy atom. The van der Waals surface area contributed by atoms with Crippen LogP contribution in [0.2, 0.25) is 0 Å². The zero-order valence-electron chi connectivity index (χ0n) is 11.4. The van der Waals surface area contributed by atoms with E-state index in [-0.39, 0.29) is 6.04 Å². The van der Waals surface area contributed by atoms with Crippen LogP contribution in [-0.4, -0.2) is 11.0 Å². The molecule has 0 aliphatic rings. The fourth-order valence-corrected chi connectivity index (χ4v) is 2.56. The maximum absolute atomic E-state index is 6.25. The van der Waals surface area contributed by atoms with Gasteiger partial charge in [0.15, 0.2) is 0 Å². The van der Waals surface area contributed by atoms with Crippen LogP contribution in [0.4, 0.5) is 0 Å². The molecule has 0 saturated heterocycles. The topological polar surface area (TPSA) is 38.9 Å². The first-order valence-corrected chi connectivity index (χ1v) is 6.93. The number of rotatable bonds is 4. The zero-order chi connectivity index (χ0) is 13.8. The second-order valence-electron chi connectivity index (χ2n) is 5.21. The Kier molecular flexibility index (Phi) is 3.75. The number of fused-ring (bicyclic) bond motifs is 1. The van der Waals surface area contributed by atoms with Crippen LogP contribution in [0.25, 0.3) is 10.8 Å². The lowest BCUT2D eigenvalue weighted by molar-refractivity contribution is 0.664. The third-order valence-electron chi connectivity index (χ3n) is 3.53. The third kappa shape index (κ3) is 3.03. The second-order valence-corrected chi connectivity index (χ2v) is 5.21. The molecule has 2 aromatic carbocycles. The molecule has 1 atom stereocenters. The Morgan fingerprint density at radius 3 is 2.45 bits per heavy atom. The molecule has 0 saturated carbocycles. The summed E-state index contributed by atoms with van der Waals surface area (Å²) in [5.74, 6) is 0. The van der Waals surface area contributed by atoms with Crippen LogP contribution in [0, 0.1) is 0 Å². The smallest absolute Gasteiger partial charge is 0.0300 e. The van der Waals surface area contributed by atoms with E-state index in [1.807, 2.05) is 12.3 Å². The quantitative estimate of drug-likeness (QED) is 0.783. The number of hydrogen-bond donors (Lipinski definition) is 1. The van der Waals surface area contributed by atoms with E-state index in [9.17, 15) is 0 Å². The molecule has 2 nitrogen and oxygen atoms in total. The number of nitrogens with zero attached hydrogens (tertiary/aromatic N) is 1. The van der Waals surface area contributed by atoms with Crippen molar-refractivity contribution in [1.82, 2.24) is 4.98 Å². The average molecular weight is 262 g/mol. The Labute approximate surface area is 119 Å². The molecule has 0 fully saturated rings. The van der Waals surface area contributed by atoms with Crippen molar-refractivity contribution in [2.75, 3.05) is 0 Å². The minimum atomic E-state index is 0.125. The first-order valence-electron chi connectivity index (χ1n) is 6.93. The molecule has 2 heteroatoms. The summed E-state index contributed by atoms with van der Waals surface area (Å²) in [5, 5.41) is 2.55. The van der Waals surface area contributed by atoms with Gasteiger partial charge in [-0.05, 0) is 40.8 Å². The fraction of sp³-hybridized carbons (Fsp3) is 0.167. The molecule has 2 N–H and O–H groups in total. The molecule has 3 rings (SSSR count). The molecule has 1 heterocycles. The Bertz CT molecular complexity index is 692. The molecule has 1 unspecified atom stereocenters. The van der Waals surface area contributed by atoms with Gasteiger partial charge in [0.25, 0.3) is 0 Å². The molecule has 0 spiro atoms. The molecule has 0 bridgehead atoms. The van der Waals surface area contributed by atoms with E-state index in [1.54, 1.807) is 6.20 Å². The molecule has 100 valence electrons. The molecule has 0 radical (unpaired) electrons. The maximum Gasteiger partial charge on any atom is 0.0300 e. The Morgan fingerprint density at radius 1 is 0.850 bits per heavy atom. The summed E-state index contributed by atoms with van der Waals surface area (Å²) in [5.41, 5.74) is 8.74. The van der Waals surface area contributed by atoms with E-state index in [2.05, 4.69) is 53.5 Å². The number of aromatic nitrogens is 1. The highest BCUT2D eigenvalue weighted by Crippen LogP contribution is 2.17. The lowest BCUT2D eigenvalue weighted by Crippen LogP contribution is -2.25. The van der Waals surface area contributed by atoms with Crippen molar-refractivity contribution in [3.63, 3.8) is 0 Å². The minimum Gasteiger partial charge on any atom is -0.327 e. The normalized spacial score (nSPS) is 12.4. The predicted octanol–water partition coefficient (Wildman–Crippen LogP) is 3.35. The van der Waals surface area contributed by atoms with Gasteiger partial charge in [-0.25, -0.2) is 0 Å². The van der Waals surface area contributed by atoms with E-state index < -0.39 is 0 Å². The van der Waals surface area contributed by atoms with E-state index in [4.69, 9.17) is 5.73 Å². The number of hydrogen-bond acceptors (Lipinski definition) is 2. The lowest BCUT2D eigenvalue weighted by Gasteiger charge is -2.12.